The number of ether oxygens (including phenoxy) is 2. The molecule has 1 N–H and O–H groups in total. The van der Waals surface area contributed by atoms with E-state index in [4.69, 9.17) is 9.47 Å². The molecule has 5 heteroatoms. The topological polar surface area (TPSA) is 59.0 Å². The fourth-order valence-electron chi connectivity index (χ4n) is 2.75. The van der Waals surface area contributed by atoms with Gasteiger partial charge < -0.3 is 14.6 Å². The van der Waals surface area contributed by atoms with E-state index in [9.17, 15) is 9.90 Å². The average molecular weight is 307 g/mol. The van der Waals surface area contributed by atoms with E-state index in [2.05, 4.69) is 0 Å². The second-order valence-corrected chi connectivity index (χ2v) is 6.53. The van der Waals surface area contributed by atoms with Crippen LogP contribution < -0.4 is 0 Å². The first-order valence-corrected chi connectivity index (χ1v) is 7.66. The van der Waals surface area contributed by atoms with Crippen LogP contribution in [0.2, 0.25) is 0 Å². The van der Waals surface area contributed by atoms with Gasteiger partial charge in [0, 0.05) is 6.61 Å². The standard InChI is InChI=1S/C17H25NO4/c1-12-18(16(20)22-17(2,3)4)14(10-11-19)15(21-12)13-8-6-5-7-9-13/h5-9,12,14-15,19H,10-11H2,1-4H3. The van der Waals surface area contributed by atoms with Crippen molar-refractivity contribution >= 4 is 6.09 Å². The summed E-state index contributed by atoms with van der Waals surface area (Å²) in [6, 6.07) is 9.53. The highest BCUT2D eigenvalue weighted by Gasteiger charge is 2.44. The lowest BCUT2D eigenvalue weighted by molar-refractivity contribution is -0.0146. The van der Waals surface area contributed by atoms with Crippen LogP contribution in [0.5, 0.6) is 0 Å². The third kappa shape index (κ3) is 3.78. The molecule has 0 aromatic heterocycles. The summed E-state index contributed by atoms with van der Waals surface area (Å²) < 4.78 is 11.5. The van der Waals surface area contributed by atoms with E-state index in [1.807, 2.05) is 58.0 Å². The molecule has 1 heterocycles. The maximum atomic E-state index is 12.5. The fourth-order valence-corrected chi connectivity index (χ4v) is 2.75. The van der Waals surface area contributed by atoms with Crippen LogP contribution in [0.3, 0.4) is 0 Å². The monoisotopic (exact) mass is 307 g/mol. The predicted octanol–water partition coefficient (Wildman–Crippen LogP) is 3.09. The van der Waals surface area contributed by atoms with E-state index >= 15 is 0 Å². The molecule has 0 radical (unpaired) electrons. The van der Waals surface area contributed by atoms with Gasteiger partial charge in [0.2, 0.25) is 0 Å². The van der Waals surface area contributed by atoms with Crippen LogP contribution in [0.15, 0.2) is 30.3 Å². The Morgan fingerprint density at radius 2 is 1.95 bits per heavy atom. The highest BCUT2D eigenvalue weighted by atomic mass is 16.6. The SMILES string of the molecule is CC1OC(c2ccccc2)C(CCO)N1C(=O)OC(C)(C)C. The molecular weight excluding hydrogens is 282 g/mol. The van der Waals surface area contributed by atoms with Crippen molar-refractivity contribution in [2.24, 2.45) is 0 Å². The molecule has 1 aromatic carbocycles. The van der Waals surface area contributed by atoms with Crippen LogP contribution in [0.1, 0.15) is 45.8 Å². The Bertz CT molecular complexity index is 497. The minimum Gasteiger partial charge on any atom is -0.444 e. The minimum absolute atomic E-state index is 0.0105. The average Bonchev–Trinajstić information content (AvgIpc) is 2.75. The number of benzene rings is 1. The van der Waals surface area contributed by atoms with Crippen LogP contribution in [0, 0.1) is 0 Å². The number of hydrogen-bond donors (Lipinski definition) is 1. The summed E-state index contributed by atoms with van der Waals surface area (Å²) in [5.41, 5.74) is 0.435. The second-order valence-electron chi connectivity index (χ2n) is 6.53. The molecule has 3 atom stereocenters. The maximum Gasteiger partial charge on any atom is 0.412 e. The van der Waals surface area contributed by atoms with E-state index < -0.39 is 17.9 Å². The normalized spacial score (nSPS) is 25.3. The minimum atomic E-state index is -0.564. The highest BCUT2D eigenvalue weighted by molar-refractivity contribution is 5.69. The molecule has 1 saturated heterocycles. The Balaban J connectivity index is 2.24. The molecule has 2 rings (SSSR count). The first kappa shape index (κ1) is 16.8. The van der Waals surface area contributed by atoms with Crippen LogP contribution in [-0.4, -0.2) is 40.6 Å². The van der Waals surface area contributed by atoms with Gasteiger partial charge in [-0.05, 0) is 39.7 Å². The molecule has 3 unspecified atom stereocenters. The van der Waals surface area contributed by atoms with Gasteiger partial charge in [-0.2, -0.15) is 0 Å². The molecule has 122 valence electrons. The summed E-state index contributed by atoms with van der Waals surface area (Å²) in [5.74, 6) is 0. The lowest BCUT2D eigenvalue weighted by Gasteiger charge is -2.30. The van der Waals surface area contributed by atoms with E-state index in [0.717, 1.165) is 5.56 Å². The molecule has 0 bridgehead atoms. The van der Waals surface area contributed by atoms with E-state index in [0.29, 0.717) is 6.42 Å². The third-order valence-electron chi connectivity index (χ3n) is 3.60. The third-order valence-corrected chi connectivity index (χ3v) is 3.60. The number of rotatable bonds is 3. The number of amides is 1. The van der Waals surface area contributed by atoms with Crippen molar-refractivity contribution in [2.45, 2.75) is 58.1 Å². The van der Waals surface area contributed by atoms with Gasteiger partial charge in [0.1, 0.15) is 17.9 Å². The van der Waals surface area contributed by atoms with Gasteiger partial charge >= 0.3 is 6.09 Å². The first-order valence-electron chi connectivity index (χ1n) is 7.66. The van der Waals surface area contributed by atoms with Crippen LogP contribution in [-0.2, 0) is 9.47 Å². The molecule has 1 aliphatic heterocycles. The number of aliphatic hydroxyl groups is 1. The molecule has 0 spiro atoms. The number of nitrogens with zero attached hydrogens (tertiary/aromatic N) is 1. The first-order chi connectivity index (χ1) is 10.3. The maximum absolute atomic E-state index is 12.5. The highest BCUT2D eigenvalue weighted by Crippen LogP contribution is 2.37. The molecule has 0 saturated carbocycles. The number of carbonyl (C=O) groups is 1. The Hall–Kier alpha value is -1.59. The Morgan fingerprint density at radius 3 is 2.50 bits per heavy atom. The van der Waals surface area contributed by atoms with Gasteiger partial charge in [0.15, 0.2) is 0 Å². The predicted molar refractivity (Wildman–Crippen MR) is 83.3 cm³/mol. The smallest absolute Gasteiger partial charge is 0.412 e. The van der Waals surface area contributed by atoms with Gasteiger partial charge in [-0.25, -0.2) is 4.79 Å². The Morgan fingerprint density at radius 1 is 1.32 bits per heavy atom. The molecule has 22 heavy (non-hydrogen) atoms. The number of hydrogen-bond acceptors (Lipinski definition) is 4. The fraction of sp³-hybridized carbons (Fsp3) is 0.588. The van der Waals surface area contributed by atoms with Gasteiger partial charge in [0.25, 0.3) is 0 Å². The van der Waals surface area contributed by atoms with Gasteiger partial charge in [-0.15, -0.1) is 0 Å². The summed E-state index contributed by atoms with van der Waals surface area (Å²) in [4.78, 5) is 14.1. The molecule has 1 aliphatic rings. The quantitative estimate of drug-likeness (QED) is 0.932. The summed E-state index contributed by atoms with van der Waals surface area (Å²) >= 11 is 0. The largest absolute Gasteiger partial charge is 0.444 e. The molecule has 5 nitrogen and oxygen atoms in total. The van der Waals surface area contributed by atoms with Gasteiger partial charge in [-0.1, -0.05) is 30.3 Å². The van der Waals surface area contributed by atoms with Crippen molar-refractivity contribution in [2.75, 3.05) is 6.61 Å². The van der Waals surface area contributed by atoms with E-state index in [-0.39, 0.29) is 18.8 Å². The molecule has 1 fully saturated rings. The summed E-state index contributed by atoms with van der Waals surface area (Å²) in [6.07, 6.45) is -0.604. The van der Waals surface area contributed by atoms with Crippen LogP contribution in [0.25, 0.3) is 0 Å². The molecule has 1 aromatic rings. The van der Waals surface area contributed by atoms with Crippen LogP contribution in [0.4, 0.5) is 4.79 Å². The lowest BCUT2D eigenvalue weighted by Crippen LogP contribution is -2.44. The van der Waals surface area contributed by atoms with Crippen molar-refractivity contribution in [1.29, 1.82) is 0 Å². The van der Waals surface area contributed by atoms with Gasteiger partial charge in [-0.3, -0.25) is 4.90 Å². The summed E-state index contributed by atoms with van der Waals surface area (Å²) in [5, 5.41) is 9.38. The van der Waals surface area contributed by atoms with Gasteiger partial charge in [0.05, 0.1) is 6.04 Å². The number of carbonyl (C=O) groups excluding carboxylic acids is 1. The zero-order chi connectivity index (χ0) is 16.3. The summed E-state index contributed by atoms with van der Waals surface area (Å²) in [6.45, 7) is 7.33. The number of aliphatic hydroxyl groups excluding tert-OH is 1. The summed E-state index contributed by atoms with van der Waals surface area (Å²) in [7, 11) is 0. The van der Waals surface area contributed by atoms with Crippen molar-refractivity contribution in [3.05, 3.63) is 35.9 Å². The van der Waals surface area contributed by atoms with Crippen LogP contribution >= 0.6 is 0 Å². The Labute approximate surface area is 131 Å². The molecule has 1 amide bonds. The Kier molecular flexibility index (Phi) is 5.08. The molecular formula is C17H25NO4. The van der Waals surface area contributed by atoms with E-state index in [1.165, 1.54) is 0 Å². The lowest BCUT2D eigenvalue weighted by atomic mass is 10.00. The molecule has 0 aliphatic carbocycles. The van der Waals surface area contributed by atoms with Crippen molar-refractivity contribution in [3.8, 4) is 0 Å². The zero-order valence-corrected chi connectivity index (χ0v) is 13.7. The van der Waals surface area contributed by atoms with Crippen molar-refractivity contribution < 1.29 is 19.4 Å². The van der Waals surface area contributed by atoms with E-state index in [1.54, 1.807) is 4.90 Å². The van der Waals surface area contributed by atoms with Crippen molar-refractivity contribution in [3.63, 3.8) is 0 Å². The zero-order valence-electron chi connectivity index (χ0n) is 13.7. The second kappa shape index (κ2) is 6.67. The van der Waals surface area contributed by atoms with Crippen molar-refractivity contribution in [1.82, 2.24) is 4.90 Å².